The largest absolute Gasteiger partial charge is 0.506 e. The van der Waals surface area contributed by atoms with Crippen LogP contribution in [0.1, 0.15) is 0 Å². The monoisotopic (exact) mass is 375 g/mol. The third-order valence-corrected chi connectivity index (χ3v) is 4.44. The second-order valence-corrected chi connectivity index (χ2v) is 6.42. The van der Waals surface area contributed by atoms with E-state index >= 15 is 0 Å². The quantitative estimate of drug-likeness (QED) is 0.359. The van der Waals surface area contributed by atoms with Crippen LogP contribution in [-0.4, -0.2) is 31.6 Å². The van der Waals surface area contributed by atoms with Crippen molar-refractivity contribution >= 4 is 35.0 Å². The van der Waals surface area contributed by atoms with Gasteiger partial charge in [-0.2, -0.15) is 0 Å². The number of nitrogen functional groups attached to an aromatic ring is 1. The second-order valence-electron chi connectivity index (χ2n) is 5.04. The van der Waals surface area contributed by atoms with Gasteiger partial charge in [-0.15, -0.1) is 10.2 Å². The van der Waals surface area contributed by atoms with Crippen molar-refractivity contribution in [1.82, 2.24) is 14.9 Å². The number of carbonyl (C=O) groups is 1. The molecule has 4 N–H and O–H groups in total. The summed E-state index contributed by atoms with van der Waals surface area (Å²) in [7, 11) is 0. The van der Waals surface area contributed by atoms with E-state index in [-0.39, 0.29) is 23.1 Å². The van der Waals surface area contributed by atoms with Gasteiger partial charge in [0.1, 0.15) is 5.75 Å². The average molecular weight is 376 g/mol. The minimum atomic E-state index is -0.313. The number of phenolic OH excluding ortho intramolecular Hbond substituents is 1. The smallest absolute Gasteiger partial charge is 0.234 e. The Morgan fingerprint density at radius 3 is 2.72 bits per heavy atom. The first-order chi connectivity index (χ1) is 12.0. The zero-order chi connectivity index (χ0) is 17.8. The molecule has 0 saturated carbocycles. The lowest BCUT2D eigenvalue weighted by atomic mass is 10.2. The number of hydrogen-bond acceptors (Lipinski definition) is 6. The van der Waals surface area contributed by atoms with Crippen molar-refractivity contribution in [2.75, 3.05) is 16.9 Å². The summed E-state index contributed by atoms with van der Waals surface area (Å²) >= 11 is 6.90. The van der Waals surface area contributed by atoms with E-state index in [0.717, 1.165) is 17.3 Å². The van der Waals surface area contributed by atoms with E-state index in [1.807, 2.05) is 30.3 Å². The Balaban J connectivity index is 1.64. The Morgan fingerprint density at radius 1 is 1.24 bits per heavy atom. The summed E-state index contributed by atoms with van der Waals surface area (Å²) in [6.45, 7) is 0. The van der Waals surface area contributed by atoms with Crippen LogP contribution in [0.25, 0.3) is 11.4 Å². The first kappa shape index (κ1) is 17.1. The normalized spacial score (nSPS) is 10.6. The summed E-state index contributed by atoms with van der Waals surface area (Å²) in [5.74, 6) is 6.16. The summed E-state index contributed by atoms with van der Waals surface area (Å²) in [6, 6.07) is 13.9. The third kappa shape index (κ3) is 4.04. The molecule has 128 valence electrons. The first-order valence-electron chi connectivity index (χ1n) is 7.21. The molecule has 1 aromatic heterocycles. The molecule has 1 heterocycles. The Morgan fingerprint density at radius 2 is 2.00 bits per heavy atom. The fourth-order valence-electron chi connectivity index (χ4n) is 2.09. The zero-order valence-corrected chi connectivity index (χ0v) is 14.5. The molecule has 25 heavy (non-hydrogen) atoms. The molecule has 0 atom stereocenters. The van der Waals surface area contributed by atoms with Gasteiger partial charge >= 0.3 is 0 Å². The van der Waals surface area contributed by atoms with Crippen LogP contribution in [-0.2, 0) is 4.79 Å². The molecular weight excluding hydrogens is 362 g/mol. The van der Waals surface area contributed by atoms with Crippen molar-refractivity contribution in [1.29, 1.82) is 0 Å². The number of amides is 1. The van der Waals surface area contributed by atoms with Crippen LogP contribution in [0.5, 0.6) is 5.75 Å². The maximum absolute atomic E-state index is 12.0. The number of thioether (sulfide) groups is 1. The molecule has 0 saturated heterocycles. The number of rotatable bonds is 5. The number of hydrogen-bond donors (Lipinski definition) is 3. The van der Waals surface area contributed by atoms with Crippen molar-refractivity contribution in [3.8, 4) is 17.1 Å². The second kappa shape index (κ2) is 7.45. The average Bonchev–Trinajstić information content (AvgIpc) is 2.97. The van der Waals surface area contributed by atoms with E-state index in [1.165, 1.54) is 16.8 Å². The maximum Gasteiger partial charge on any atom is 0.234 e. The van der Waals surface area contributed by atoms with E-state index in [0.29, 0.717) is 16.0 Å². The molecule has 3 aromatic rings. The van der Waals surface area contributed by atoms with Gasteiger partial charge in [0.05, 0.1) is 11.4 Å². The summed E-state index contributed by atoms with van der Waals surface area (Å²) in [6.07, 6.45) is 0. The molecule has 0 radical (unpaired) electrons. The minimum absolute atomic E-state index is 0.0617. The van der Waals surface area contributed by atoms with Gasteiger partial charge in [0, 0.05) is 16.7 Å². The molecule has 3 rings (SSSR count). The Hall–Kier alpha value is -2.71. The highest BCUT2D eigenvalue weighted by Gasteiger charge is 2.14. The third-order valence-electron chi connectivity index (χ3n) is 3.26. The molecule has 0 unspecified atom stereocenters. The number of nitrogens with zero attached hydrogens (tertiary/aromatic N) is 3. The number of phenols is 1. The van der Waals surface area contributed by atoms with Gasteiger partial charge in [0.2, 0.25) is 11.1 Å². The predicted molar refractivity (Wildman–Crippen MR) is 98.1 cm³/mol. The van der Waals surface area contributed by atoms with Gasteiger partial charge in [0.15, 0.2) is 5.82 Å². The van der Waals surface area contributed by atoms with Gasteiger partial charge in [-0.3, -0.25) is 4.79 Å². The van der Waals surface area contributed by atoms with E-state index in [9.17, 15) is 9.90 Å². The topological polar surface area (TPSA) is 106 Å². The number of nitrogens with two attached hydrogens (primary N) is 1. The van der Waals surface area contributed by atoms with Crippen molar-refractivity contribution in [2.45, 2.75) is 5.16 Å². The van der Waals surface area contributed by atoms with Crippen LogP contribution in [0.3, 0.4) is 0 Å². The van der Waals surface area contributed by atoms with Crippen molar-refractivity contribution in [2.24, 2.45) is 0 Å². The van der Waals surface area contributed by atoms with Gasteiger partial charge in [-0.25, -0.2) is 4.68 Å². The molecular formula is C16H14ClN5O2S. The Bertz CT molecular complexity index is 901. The fourth-order valence-corrected chi connectivity index (χ4v) is 2.91. The Labute approximate surface area is 152 Å². The van der Waals surface area contributed by atoms with E-state index in [4.69, 9.17) is 17.4 Å². The van der Waals surface area contributed by atoms with Crippen LogP contribution >= 0.6 is 23.4 Å². The number of aromatic hydroxyl groups is 1. The lowest BCUT2D eigenvalue weighted by Crippen LogP contribution is -2.16. The first-order valence-corrected chi connectivity index (χ1v) is 8.58. The lowest BCUT2D eigenvalue weighted by molar-refractivity contribution is -0.113. The van der Waals surface area contributed by atoms with Gasteiger partial charge in [-0.05, 0) is 12.1 Å². The van der Waals surface area contributed by atoms with Crippen molar-refractivity contribution in [3.63, 3.8) is 0 Å². The SMILES string of the molecule is Nn1c(SCC(=O)Nc2ccc(Cl)cc2O)nnc1-c1ccccc1. The lowest BCUT2D eigenvalue weighted by Gasteiger charge is -2.07. The number of benzene rings is 2. The highest BCUT2D eigenvalue weighted by atomic mass is 35.5. The molecule has 0 aliphatic rings. The highest BCUT2D eigenvalue weighted by Crippen LogP contribution is 2.27. The molecule has 2 aromatic carbocycles. The predicted octanol–water partition coefficient (Wildman–Crippen LogP) is 2.75. The molecule has 1 amide bonds. The molecule has 0 bridgehead atoms. The minimum Gasteiger partial charge on any atom is -0.506 e. The number of aromatic nitrogens is 3. The highest BCUT2D eigenvalue weighted by molar-refractivity contribution is 7.99. The van der Waals surface area contributed by atoms with E-state index < -0.39 is 0 Å². The summed E-state index contributed by atoms with van der Waals surface area (Å²) in [4.78, 5) is 12.0. The standard InChI is InChI=1S/C16H14ClN5O2S/c17-11-6-7-12(13(23)8-11)19-14(24)9-25-16-21-20-15(22(16)18)10-4-2-1-3-5-10/h1-8,23H,9,18H2,(H,19,24). The van der Waals surface area contributed by atoms with Crippen LogP contribution in [0.2, 0.25) is 5.02 Å². The maximum atomic E-state index is 12.0. The van der Waals surface area contributed by atoms with Crippen molar-refractivity contribution in [3.05, 3.63) is 53.6 Å². The summed E-state index contributed by atoms with van der Waals surface area (Å²) in [5, 5.41) is 21.2. The summed E-state index contributed by atoms with van der Waals surface area (Å²) in [5.41, 5.74) is 1.12. The van der Waals surface area contributed by atoms with Gasteiger partial charge < -0.3 is 16.3 Å². The molecule has 0 fully saturated rings. The van der Waals surface area contributed by atoms with E-state index in [1.54, 1.807) is 6.07 Å². The molecule has 0 aliphatic carbocycles. The zero-order valence-electron chi connectivity index (χ0n) is 12.9. The summed E-state index contributed by atoms with van der Waals surface area (Å²) < 4.78 is 1.34. The van der Waals surface area contributed by atoms with Crippen LogP contribution in [0, 0.1) is 0 Å². The Kier molecular flexibility index (Phi) is 5.11. The van der Waals surface area contributed by atoms with Crippen LogP contribution in [0.15, 0.2) is 53.7 Å². The molecule has 9 heteroatoms. The van der Waals surface area contributed by atoms with Crippen LogP contribution in [0.4, 0.5) is 5.69 Å². The van der Waals surface area contributed by atoms with E-state index in [2.05, 4.69) is 15.5 Å². The number of anilines is 1. The fraction of sp³-hybridized carbons (Fsp3) is 0.0625. The molecule has 0 spiro atoms. The van der Waals surface area contributed by atoms with Crippen LogP contribution < -0.4 is 11.2 Å². The van der Waals surface area contributed by atoms with Gasteiger partial charge in [-0.1, -0.05) is 53.7 Å². The molecule has 7 nitrogen and oxygen atoms in total. The molecule has 0 aliphatic heterocycles. The number of halogens is 1. The number of carbonyl (C=O) groups excluding carboxylic acids is 1. The number of nitrogens with one attached hydrogen (secondary N) is 1. The van der Waals surface area contributed by atoms with Gasteiger partial charge in [0.25, 0.3) is 0 Å². The van der Waals surface area contributed by atoms with Crippen molar-refractivity contribution < 1.29 is 9.90 Å².